The number of thioether (sulfide) groups is 1. The number of amides is 3. The van der Waals surface area contributed by atoms with Gasteiger partial charge in [-0.3, -0.25) is 14.4 Å². The van der Waals surface area contributed by atoms with Crippen LogP contribution in [-0.4, -0.2) is 48.2 Å². The molecule has 1 N–H and O–H groups in total. The molecule has 2 heterocycles. The molecule has 2 aromatic rings. The number of benzene rings is 2. The van der Waals surface area contributed by atoms with Crippen molar-refractivity contribution < 1.29 is 23.9 Å². The zero-order chi connectivity index (χ0) is 24.5. The first kappa shape index (κ1) is 23.6. The summed E-state index contributed by atoms with van der Waals surface area (Å²) in [6.07, 6.45) is 0.553. The first-order valence-electron chi connectivity index (χ1n) is 10.8. The molecule has 0 saturated carbocycles. The highest BCUT2D eigenvalue weighted by molar-refractivity contribution is 8.15. The molecule has 0 aliphatic carbocycles. The Balaban J connectivity index is 1.59. The quantitative estimate of drug-likeness (QED) is 0.636. The summed E-state index contributed by atoms with van der Waals surface area (Å²) in [5.74, 6) is 0.274. The van der Waals surface area contributed by atoms with Crippen molar-refractivity contribution in [1.82, 2.24) is 10.3 Å². The number of anilines is 1. The summed E-state index contributed by atoms with van der Waals surface area (Å²) in [5, 5.41) is 8.28. The monoisotopic (exact) mass is 482 g/mol. The van der Waals surface area contributed by atoms with Gasteiger partial charge in [0.2, 0.25) is 16.7 Å². The van der Waals surface area contributed by atoms with Crippen molar-refractivity contribution in [2.75, 3.05) is 25.2 Å². The van der Waals surface area contributed by atoms with E-state index in [9.17, 15) is 14.4 Å². The van der Waals surface area contributed by atoms with Gasteiger partial charge in [0.15, 0.2) is 16.7 Å². The summed E-state index contributed by atoms with van der Waals surface area (Å²) in [4.78, 5) is 38.4. The van der Waals surface area contributed by atoms with E-state index in [2.05, 4.69) is 10.4 Å². The lowest BCUT2D eigenvalue weighted by atomic mass is 10.0. The Morgan fingerprint density at radius 2 is 1.85 bits per heavy atom. The van der Waals surface area contributed by atoms with Crippen molar-refractivity contribution in [2.45, 2.75) is 32.1 Å². The standard InChI is InChI=1S/C24H26N4O5S/c1-15-9-7-10-18-21(15)27(13-8-14-33-20-12-6-5-11-19(20)32-4)22(31)24(18)28(17(3)30)26-23(34-24)25-16(2)29/h5-7,9-12H,8,13-14H2,1-4H3,(H,25,26,29). The molecule has 1 atom stereocenters. The van der Waals surface area contributed by atoms with Crippen molar-refractivity contribution in [2.24, 2.45) is 5.10 Å². The number of amidine groups is 1. The third-order valence-corrected chi connectivity index (χ3v) is 6.82. The fraction of sp³-hybridized carbons (Fsp3) is 0.333. The van der Waals surface area contributed by atoms with Crippen LogP contribution in [0.3, 0.4) is 0 Å². The fourth-order valence-corrected chi connectivity index (χ4v) is 5.53. The molecule has 1 unspecified atom stereocenters. The molecule has 9 nitrogen and oxygen atoms in total. The van der Waals surface area contributed by atoms with E-state index < -0.39 is 10.8 Å². The van der Waals surface area contributed by atoms with E-state index in [1.807, 2.05) is 49.4 Å². The van der Waals surface area contributed by atoms with Crippen LogP contribution >= 0.6 is 11.8 Å². The van der Waals surface area contributed by atoms with Crippen molar-refractivity contribution in [3.63, 3.8) is 0 Å². The second-order valence-electron chi connectivity index (χ2n) is 7.94. The van der Waals surface area contributed by atoms with Crippen LogP contribution in [-0.2, 0) is 19.3 Å². The topological polar surface area (TPSA) is 101 Å². The van der Waals surface area contributed by atoms with Gasteiger partial charge in [-0.1, -0.05) is 30.3 Å². The number of hydrogen-bond acceptors (Lipinski definition) is 7. The molecule has 0 fully saturated rings. The van der Waals surface area contributed by atoms with Crippen molar-refractivity contribution in [1.29, 1.82) is 0 Å². The molecule has 2 aliphatic heterocycles. The molecule has 0 aromatic heterocycles. The first-order valence-corrected chi connectivity index (χ1v) is 11.6. The third-order valence-electron chi connectivity index (χ3n) is 5.58. The van der Waals surface area contributed by atoms with Gasteiger partial charge in [-0.05, 0) is 42.8 Å². The van der Waals surface area contributed by atoms with Gasteiger partial charge >= 0.3 is 0 Å². The zero-order valence-corrected chi connectivity index (χ0v) is 20.3. The maximum absolute atomic E-state index is 13.9. The molecule has 3 amide bonds. The lowest BCUT2D eigenvalue weighted by molar-refractivity contribution is -0.139. The van der Waals surface area contributed by atoms with E-state index in [4.69, 9.17) is 9.47 Å². The van der Waals surface area contributed by atoms with E-state index >= 15 is 0 Å². The Bertz CT molecular complexity index is 1180. The van der Waals surface area contributed by atoms with Crippen LogP contribution in [0.15, 0.2) is 47.6 Å². The molecule has 0 radical (unpaired) electrons. The molecule has 0 saturated heterocycles. The molecule has 2 aliphatic rings. The Morgan fingerprint density at radius 1 is 1.12 bits per heavy atom. The maximum atomic E-state index is 13.9. The Labute approximate surface area is 202 Å². The number of fused-ring (bicyclic) bond motifs is 2. The average molecular weight is 483 g/mol. The summed E-state index contributed by atoms with van der Waals surface area (Å²) in [7, 11) is 1.58. The zero-order valence-electron chi connectivity index (χ0n) is 19.5. The number of nitrogens with zero attached hydrogens (tertiary/aromatic N) is 3. The minimum absolute atomic E-state index is 0.213. The molecular weight excluding hydrogens is 456 g/mol. The van der Waals surface area contributed by atoms with Crippen LogP contribution in [0.2, 0.25) is 0 Å². The number of hydrazone groups is 1. The summed E-state index contributed by atoms with van der Waals surface area (Å²) < 4.78 is 11.2. The molecule has 34 heavy (non-hydrogen) atoms. The van der Waals surface area contributed by atoms with Gasteiger partial charge in [0.25, 0.3) is 5.91 Å². The predicted octanol–water partition coefficient (Wildman–Crippen LogP) is 2.97. The van der Waals surface area contributed by atoms with Crippen LogP contribution < -0.4 is 19.7 Å². The number of rotatable bonds is 6. The lowest BCUT2D eigenvalue weighted by Crippen LogP contribution is -2.48. The van der Waals surface area contributed by atoms with Gasteiger partial charge in [-0.25, -0.2) is 0 Å². The van der Waals surface area contributed by atoms with E-state index in [1.54, 1.807) is 12.0 Å². The van der Waals surface area contributed by atoms with Gasteiger partial charge in [-0.15, -0.1) is 5.10 Å². The van der Waals surface area contributed by atoms with Gasteiger partial charge in [0.1, 0.15) is 0 Å². The van der Waals surface area contributed by atoms with Gasteiger partial charge in [0, 0.05) is 26.0 Å². The summed E-state index contributed by atoms with van der Waals surface area (Å²) in [5.41, 5.74) is 2.33. The van der Waals surface area contributed by atoms with E-state index in [0.29, 0.717) is 36.6 Å². The van der Waals surface area contributed by atoms with E-state index in [-0.39, 0.29) is 17.0 Å². The second kappa shape index (κ2) is 9.38. The SMILES string of the molecule is COc1ccccc1OCCCN1C(=O)C2(SC(NC(C)=O)=NN2C(C)=O)c2cccc(C)c21. The predicted molar refractivity (Wildman–Crippen MR) is 130 cm³/mol. The Morgan fingerprint density at radius 3 is 2.53 bits per heavy atom. The van der Waals surface area contributed by atoms with Crippen LogP contribution in [0.25, 0.3) is 0 Å². The van der Waals surface area contributed by atoms with Crippen molar-refractivity contribution >= 4 is 40.3 Å². The highest BCUT2D eigenvalue weighted by Gasteiger charge is 2.61. The van der Waals surface area contributed by atoms with Crippen LogP contribution in [0.5, 0.6) is 11.5 Å². The smallest absolute Gasteiger partial charge is 0.270 e. The molecule has 0 bridgehead atoms. The average Bonchev–Trinajstić information content (AvgIpc) is 3.29. The number of aryl methyl sites for hydroxylation is 1. The Kier molecular flexibility index (Phi) is 6.52. The van der Waals surface area contributed by atoms with Crippen molar-refractivity contribution in [3.8, 4) is 11.5 Å². The van der Waals surface area contributed by atoms with E-state index in [0.717, 1.165) is 23.0 Å². The van der Waals surface area contributed by atoms with Gasteiger partial charge in [-0.2, -0.15) is 5.01 Å². The molecule has 10 heteroatoms. The van der Waals surface area contributed by atoms with Gasteiger partial charge < -0.3 is 19.7 Å². The molecular formula is C24H26N4O5S. The minimum Gasteiger partial charge on any atom is -0.493 e. The fourth-order valence-electron chi connectivity index (χ4n) is 4.21. The summed E-state index contributed by atoms with van der Waals surface area (Å²) in [6.45, 7) is 5.39. The largest absolute Gasteiger partial charge is 0.493 e. The number of methoxy groups -OCH3 is 1. The molecule has 2 aromatic carbocycles. The normalized spacial score (nSPS) is 18.7. The number of para-hydroxylation sites is 3. The number of nitrogens with one attached hydrogen (secondary N) is 1. The molecule has 1 spiro atoms. The Hall–Kier alpha value is -3.53. The summed E-state index contributed by atoms with van der Waals surface area (Å²) >= 11 is 1.07. The third kappa shape index (κ3) is 3.98. The lowest BCUT2D eigenvalue weighted by Gasteiger charge is -2.29. The summed E-state index contributed by atoms with van der Waals surface area (Å²) in [6, 6.07) is 13.0. The van der Waals surface area contributed by atoms with E-state index in [1.165, 1.54) is 18.9 Å². The maximum Gasteiger partial charge on any atom is 0.270 e. The van der Waals surface area contributed by atoms with Crippen LogP contribution in [0.4, 0.5) is 5.69 Å². The highest BCUT2D eigenvalue weighted by atomic mass is 32.2. The number of carbonyl (C=O) groups is 3. The number of carbonyl (C=O) groups excluding carboxylic acids is 3. The van der Waals surface area contributed by atoms with Gasteiger partial charge in [0.05, 0.1) is 19.4 Å². The first-order chi connectivity index (χ1) is 16.3. The van der Waals surface area contributed by atoms with Crippen LogP contribution in [0.1, 0.15) is 31.4 Å². The number of hydrogen-bond donors (Lipinski definition) is 1. The molecule has 178 valence electrons. The number of ether oxygens (including phenoxy) is 2. The van der Waals surface area contributed by atoms with Crippen molar-refractivity contribution in [3.05, 3.63) is 53.6 Å². The minimum atomic E-state index is -1.39. The highest BCUT2D eigenvalue weighted by Crippen LogP contribution is 2.55. The second-order valence-corrected chi connectivity index (χ2v) is 9.13. The van der Waals surface area contributed by atoms with Crippen LogP contribution in [0, 0.1) is 6.92 Å². The molecule has 4 rings (SSSR count).